The minimum absolute atomic E-state index is 0. The van der Waals surface area contributed by atoms with E-state index in [1.54, 1.807) is 0 Å². The van der Waals surface area contributed by atoms with Gasteiger partial charge in [-0.05, 0) is 17.8 Å². The Bertz CT molecular complexity index is 276. The van der Waals surface area contributed by atoms with Crippen LogP contribution in [0.5, 0.6) is 0 Å². The first-order valence-corrected chi connectivity index (χ1v) is 4.32. The first-order valence-electron chi connectivity index (χ1n) is 3.24. The standard InChI is InChI=1S/C8H7NSi.ClH/c1-2-4-8-7(3-1)5-6-10-9-8;/h1-6,9H;1H/q+1;/p-1. The van der Waals surface area contributed by atoms with Crippen LogP contribution in [0.25, 0.3) is 6.08 Å². The van der Waals surface area contributed by atoms with Crippen molar-refractivity contribution in [3.05, 3.63) is 35.5 Å². The third-order valence-electron chi connectivity index (χ3n) is 1.51. The number of hydrogen-bond donors (Lipinski definition) is 1. The maximum absolute atomic E-state index is 3.30. The van der Waals surface area contributed by atoms with Crippen molar-refractivity contribution < 1.29 is 17.0 Å². The summed E-state index contributed by atoms with van der Waals surface area (Å²) in [5.74, 6) is 0. The van der Waals surface area contributed by atoms with Crippen LogP contribution in [0.2, 0.25) is 0 Å². The van der Waals surface area contributed by atoms with Crippen LogP contribution in [-0.2, 0) is 0 Å². The van der Waals surface area contributed by atoms with Crippen molar-refractivity contribution in [2.75, 3.05) is 0 Å². The first kappa shape index (κ1) is 8.36. The van der Waals surface area contributed by atoms with E-state index in [2.05, 4.69) is 40.7 Å². The molecule has 3 heteroatoms. The molecule has 0 saturated carbocycles. The summed E-state index contributed by atoms with van der Waals surface area (Å²) >= 11 is 0. The van der Waals surface area contributed by atoms with E-state index < -0.39 is 0 Å². The smallest absolute Gasteiger partial charge is 0.453 e. The number of benzene rings is 1. The van der Waals surface area contributed by atoms with E-state index in [0.717, 1.165) is 9.31 Å². The quantitative estimate of drug-likeness (QED) is 0.417. The predicted molar refractivity (Wildman–Crippen MR) is 41.9 cm³/mol. The molecule has 0 aliphatic carbocycles. The highest BCUT2D eigenvalue weighted by Crippen LogP contribution is 2.10. The van der Waals surface area contributed by atoms with Gasteiger partial charge in [0, 0.05) is 11.6 Å². The predicted octanol–water partition coefficient (Wildman–Crippen LogP) is -2.73. The Morgan fingerprint density at radius 1 is 1.18 bits per heavy atom. The lowest BCUT2D eigenvalue weighted by Crippen LogP contribution is -3.00. The van der Waals surface area contributed by atoms with Gasteiger partial charge >= 0.3 is 9.31 Å². The second kappa shape index (κ2) is 3.60. The van der Waals surface area contributed by atoms with Crippen molar-refractivity contribution in [2.24, 2.45) is 0 Å². The zero-order valence-electron chi connectivity index (χ0n) is 5.84. The van der Waals surface area contributed by atoms with Gasteiger partial charge in [-0.25, -0.2) is 0 Å². The topological polar surface area (TPSA) is 14.0 Å². The van der Waals surface area contributed by atoms with Crippen molar-refractivity contribution in [3.63, 3.8) is 0 Å². The fourth-order valence-electron chi connectivity index (χ4n) is 1.01. The van der Waals surface area contributed by atoms with Crippen molar-refractivity contribution in [3.8, 4) is 0 Å². The van der Waals surface area contributed by atoms with Crippen LogP contribution < -0.4 is 17.0 Å². The van der Waals surface area contributed by atoms with Gasteiger partial charge in [0.15, 0.2) is 5.69 Å². The molecule has 0 saturated heterocycles. The van der Waals surface area contributed by atoms with Crippen molar-refractivity contribution >= 4 is 21.1 Å². The van der Waals surface area contributed by atoms with E-state index in [1.807, 2.05) is 0 Å². The highest BCUT2D eigenvalue weighted by molar-refractivity contribution is 6.27. The molecule has 1 N–H and O–H groups in total. The van der Waals surface area contributed by atoms with E-state index in [9.17, 15) is 0 Å². The molecule has 1 aromatic rings. The largest absolute Gasteiger partial charge is 1.00 e. The monoisotopic (exact) mass is 180 g/mol. The molecule has 0 unspecified atom stereocenters. The Kier molecular flexibility index (Phi) is 2.74. The maximum Gasteiger partial charge on any atom is 0.453 e. The van der Waals surface area contributed by atoms with Gasteiger partial charge in [0.25, 0.3) is 0 Å². The average Bonchev–Trinajstić information content (AvgIpc) is 2.05. The Morgan fingerprint density at radius 2 is 2.00 bits per heavy atom. The van der Waals surface area contributed by atoms with Crippen LogP contribution in [-0.4, -0.2) is 9.31 Å². The molecule has 55 valence electrons. The molecule has 2 rings (SSSR count). The minimum atomic E-state index is 0. The second-order valence-corrected chi connectivity index (χ2v) is 3.06. The molecule has 1 aliphatic heterocycles. The van der Waals surface area contributed by atoms with Gasteiger partial charge in [-0.3, -0.25) is 4.63 Å². The summed E-state index contributed by atoms with van der Waals surface area (Å²) in [5.41, 5.74) is 4.70. The zero-order valence-corrected chi connectivity index (χ0v) is 7.60. The molecule has 0 fully saturated rings. The number of halogens is 1. The van der Waals surface area contributed by atoms with Crippen LogP contribution in [0.3, 0.4) is 0 Å². The van der Waals surface area contributed by atoms with Crippen LogP contribution in [0.15, 0.2) is 30.0 Å². The van der Waals surface area contributed by atoms with Gasteiger partial charge in [-0.15, -0.1) is 0 Å². The van der Waals surface area contributed by atoms with E-state index >= 15 is 0 Å². The number of para-hydroxylation sites is 1. The fraction of sp³-hybridized carbons (Fsp3) is 0. The molecule has 1 heterocycles. The average molecular weight is 181 g/mol. The molecule has 11 heavy (non-hydrogen) atoms. The molecule has 1 aliphatic rings. The Labute approximate surface area is 74.1 Å². The zero-order chi connectivity index (χ0) is 6.81. The van der Waals surface area contributed by atoms with E-state index in [4.69, 9.17) is 0 Å². The lowest BCUT2D eigenvalue weighted by molar-refractivity contribution is -0.335. The Hall–Kier alpha value is -0.733. The molecule has 0 aromatic heterocycles. The van der Waals surface area contributed by atoms with Gasteiger partial charge < -0.3 is 12.4 Å². The Balaban J connectivity index is 0.000000605. The van der Waals surface area contributed by atoms with Crippen molar-refractivity contribution in [1.29, 1.82) is 0 Å². The van der Waals surface area contributed by atoms with Gasteiger partial charge in [0.05, 0.1) is 0 Å². The Morgan fingerprint density at radius 3 is 2.82 bits per heavy atom. The van der Waals surface area contributed by atoms with Crippen molar-refractivity contribution in [1.82, 2.24) is 0 Å². The van der Waals surface area contributed by atoms with Crippen LogP contribution in [0.1, 0.15) is 5.56 Å². The number of nitrogens with one attached hydrogen (secondary N) is 1. The molecule has 0 atom stereocenters. The number of hydrogen-bond acceptors (Lipinski definition) is 0. The summed E-state index contributed by atoms with van der Waals surface area (Å²) < 4.78 is 3.30. The van der Waals surface area contributed by atoms with E-state index in [0.29, 0.717) is 0 Å². The van der Waals surface area contributed by atoms with Gasteiger partial charge in [-0.2, -0.15) is 0 Å². The molecule has 1 aromatic carbocycles. The second-order valence-electron chi connectivity index (χ2n) is 2.19. The van der Waals surface area contributed by atoms with Gasteiger partial charge in [0.2, 0.25) is 0 Å². The molecule has 1 radical (unpaired) electrons. The van der Waals surface area contributed by atoms with Crippen LogP contribution in [0, 0.1) is 0 Å². The fourth-order valence-corrected chi connectivity index (χ4v) is 1.74. The summed E-state index contributed by atoms with van der Waals surface area (Å²) in [4.78, 5) is 0. The molecular formula is C8H7ClNSi. The summed E-state index contributed by atoms with van der Waals surface area (Å²) in [6.07, 6.45) is 2.16. The summed E-state index contributed by atoms with van der Waals surface area (Å²) in [6.45, 7) is 0. The number of fused-ring (bicyclic) bond motifs is 1. The summed E-state index contributed by atoms with van der Waals surface area (Å²) in [7, 11) is 0.738. The molecule has 1 nitrogen and oxygen atoms in total. The van der Waals surface area contributed by atoms with Gasteiger partial charge in [0.1, 0.15) is 0 Å². The third-order valence-corrected chi connectivity index (χ3v) is 2.26. The first-order chi connectivity index (χ1) is 4.97. The SMILES string of the molecule is C1=Cc2ccccc2[NH+]=[Si]1.[Cl-]. The van der Waals surface area contributed by atoms with Gasteiger partial charge in [-0.1, -0.05) is 12.1 Å². The maximum atomic E-state index is 3.30. The number of rotatable bonds is 0. The molecular weight excluding hydrogens is 174 g/mol. The lowest BCUT2D eigenvalue weighted by atomic mass is 10.2. The highest BCUT2D eigenvalue weighted by Gasteiger charge is 2.03. The highest BCUT2D eigenvalue weighted by atomic mass is 35.5. The normalized spacial score (nSPS) is 12.0. The molecule has 0 amide bonds. The summed E-state index contributed by atoms with van der Waals surface area (Å²) in [5, 5.41) is 0. The van der Waals surface area contributed by atoms with E-state index in [1.165, 1.54) is 11.3 Å². The van der Waals surface area contributed by atoms with Crippen LogP contribution >= 0.6 is 0 Å². The van der Waals surface area contributed by atoms with Crippen LogP contribution in [0.4, 0.5) is 5.69 Å². The third kappa shape index (κ3) is 1.64. The minimum Gasteiger partial charge on any atom is -1.00 e. The summed E-state index contributed by atoms with van der Waals surface area (Å²) in [6, 6.07) is 8.32. The molecule has 0 bridgehead atoms. The lowest BCUT2D eigenvalue weighted by Gasteiger charge is -1.95. The van der Waals surface area contributed by atoms with Crippen molar-refractivity contribution in [2.45, 2.75) is 0 Å². The molecule has 0 spiro atoms. The van der Waals surface area contributed by atoms with E-state index in [-0.39, 0.29) is 12.4 Å².